The van der Waals surface area contributed by atoms with Gasteiger partial charge in [-0.25, -0.2) is 0 Å². The van der Waals surface area contributed by atoms with Crippen LogP contribution in [0.15, 0.2) is 6.20 Å². The molecular formula is C14H24N4. The van der Waals surface area contributed by atoms with E-state index in [0.717, 1.165) is 13.0 Å². The van der Waals surface area contributed by atoms with Gasteiger partial charge in [-0.1, -0.05) is 13.8 Å². The van der Waals surface area contributed by atoms with E-state index in [9.17, 15) is 0 Å². The highest BCUT2D eigenvalue weighted by molar-refractivity contribution is 5.19. The molecule has 4 nitrogen and oxygen atoms in total. The molecule has 0 aliphatic carbocycles. The van der Waals surface area contributed by atoms with Gasteiger partial charge in [0.1, 0.15) is 0 Å². The Hall–Kier alpha value is -1.34. The summed E-state index contributed by atoms with van der Waals surface area (Å²) < 4.78 is 1.90. The molecule has 1 atom stereocenters. The van der Waals surface area contributed by atoms with Crippen LogP contribution in [0, 0.1) is 23.7 Å². The van der Waals surface area contributed by atoms with Crippen LogP contribution in [0.4, 0.5) is 0 Å². The second-order valence-electron chi connectivity index (χ2n) is 5.73. The summed E-state index contributed by atoms with van der Waals surface area (Å²) in [6, 6.07) is 2.51. The summed E-state index contributed by atoms with van der Waals surface area (Å²) >= 11 is 0. The highest BCUT2D eigenvalue weighted by Gasteiger charge is 2.19. The van der Waals surface area contributed by atoms with E-state index in [4.69, 9.17) is 5.26 Å². The molecule has 0 saturated heterocycles. The maximum Gasteiger partial charge on any atom is 0.0621 e. The minimum absolute atomic E-state index is 0.153. The number of aryl methyl sites for hydroxylation is 1. The molecule has 1 rings (SSSR count). The van der Waals surface area contributed by atoms with Crippen molar-refractivity contribution in [3.63, 3.8) is 0 Å². The zero-order valence-corrected chi connectivity index (χ0v) is 12.1. The van der Waals surface area contributed by atoms with Gasteiger partial charge in [-0.2, -0.15) is 10.4 Å². The van der Waals surface area contributed by atoms with E-state index in [1.54, 1.807) is 0 Å². The van der Waals surface area contributed by atoms with Crippen LogP contribution in [0.3, 0.4) is 0 Å². The number of nitriles is 1. The van der Waals surface area contributed by atoms with Gasteiger partial charge in [-0.05, 0) is 25.7 Å². The molecule has 0 bridgehead atoms. The molecule has 1 N–H and O–H groups in total. The fourth-order valence-electron chi connectivity index (χ4n) is 1.96. The third-order valence-corrected chi connectivity index (χ3v) is 3.54. The Balaban J connectivity index is 2.53. The van der Waals surface area contributed by atoms with Crippen molar-refractivity contribution in [2.45, 2.75) is 46.6 Å². The average Bonchev–Trinajstić information content (AvgIpc) is 2.65. The van der Waals surface area contributed by atoms with Crippen LogP contribution in [-0.4, -0.2) is 16.3 Å². The second kappa shape index (κ2) is 6.01. The Morgan fingerprint density at radius 2 is 2.22 bits per heavy atom. The fraction of sp³-hybridized carbons (Fsp3) is 0.714. The third-order valence-electron chi connectivity index (χ3n) is 3.54. The van der Waals surface area contributed by atoms with Crippen molar-refractivity contribution in [2.24, 2.45) is 12.5 Å². The summed E-state index contributed by atoms with van der Waals surface area (Å²) in [6.07, 6.45) is 3.47. The molecule has 4 heteroatoms. The highest BCUT2D eigenvalue weighted by atomic mass is 15.3. The number of nitrogens with zero attached hydrogens (tertiary/aromatic N) is 3. The summed E-state index contributed by atoms with van der Waals surface area (Å²) in [5, 5.41) is 16.4. The van der Waals surface area contributed by atoms with E-state index < -0.39 is 0 Å². The normalized spacial score (nSPS) is 13.3. The van der Waals surface area contributed by atoms with Crippen LogP contribution in [0.5, 0.6) is 0 Å². The molecule has 0 amide bonds. The molecule has 18 heavy (non-hydrogen) atoms. The Labute approximate surface area is 110 Å². The second-order valence-corrected chi connectivity index (χ2v) is 5.73. The predicted octanol–water partition coefficient (Wildman–Crippen LogP) is 2.71. The minimum atomic E-state index is 0.153. The van der Waals surface area contributed by atoms with Crippen molar-refractivity contribution >= 4 is 0 Å². The molecule has 0 radical (unpaired) electrons. The Kier molecular flexibility index (Phi) is 4.92. The van der Waals surface area contributed by atoms with Crippen LogP contribution in [0.1, 0.15) is 50.9 Å². The van der Waals surface area contributed by atoms with Gasteiger partial charge in [-0.3, -0.25) is 4.68 Å². The van der Waals surface area contributed by atoms with E-state index in [1.165, 1.54) is 11.3 Å². The van der Waals surface area contributed by atoms with Crippen molar-refractivity contribution in [2.75, 3.05) is 6.54 Å². The first-order valence-corrected chi connectivity index (χ1v) is 6.46. The SMILES string of the molecule is Cc1c(C(C)NCC(C)(C)CCC#N)cnn1C. The van der Waals surface area contributed by atoms with Gasteiger partial charge < -0.3 is 5.32 Å². The van der Waals surface area contributed by atoms with E-state index >= 15 is 0 Å². The number of hydrogen-bond acceptors (Lipinski definition) is 3. The zero-order valence-electron chi connectivity index (χ0n) is 12.1. The molecule has 0 aliphatic heterocycles. The first-order chi connectivity index (χ1) is 8.37. The molecule has 100 valence electrons. The van der Waals surface area contributed by atoms with Crippen LogP contribution in [-0.2, 0) is 7.05 Å². The molecule has 1 heterocycles. The van der Waals surface area contributed by atoms with Crippen molar-refractivity contribution < 1.29 is 0 Å². The lowest BCUT2D eigenvalue weighted by atomic mass is 9.87. The highest BCUT2D eigenvalue weighted by Crippen LogP contribution is 2.23. The number of rotatable bonds is 6. The predicted molar refractivity (Wildman–Crippen MR) is 73.0 cm³/mol. The quantitative estimate of drug-likeness (QED) is 0.842. The number of aromatic nitrogens is 2. The van der Waals surface area contributed by atoms with E-state index in [-0.39, 0.29) is 5.41 Å². The van der Waals surface area contributed by atoms with Gasteiger partial charge in [0.2, 0.25) is 0 Å². The molecule has 0 fully saturated rings. The van der Waals surface area contributed by atoms with Crippen molar-refractivity contribution in [3.8, 4) is 6.07 Å². The number of nitrogens with one attached hydrogen (secondary N) is 1. The van der Waals surface area contributed by atoms with Crippen molar-refractivity contribution in [1.82, 2.24) is 15.1 Å². The van der Waals surface area contributed by atoms with Gasteiger partial charge in [0.15, 0.2) is 0 Å². The Morgan fingerprint density at radius 1 is 1.56 bits per heavy atom. The first kappa shape index (κ1) is 14.7. The van der Waals surface area contributed by atoms with Crippen LogP contribution >= 0.6 is 0 Å². The van der Waals surface area contributed by atoms with Gasteiger partial charge >= 0.3 is 0 Å². The van der Waals surface area contributed by atoms with Gasteiger partial charge in [0, 0.05) is 37.3 Å². The lowest BCUT2D eigenvalue weighted by Crippen LogP contribution is -2.31. The standard InChI is InChI=1S/C14H24N4/c1-11(13-9-17-18(5)12(13)2)16-10-14(3,4)7-6-8-15/h9,11,16H,6-7,10H2,1-5H3. The van der Waals surface area contributed by atoms with E-state index in [1.807, 2.05) is 17.9 Å². The lowest BCUT2D eigenvalue weighted by molar-refractivity contribution is 0.304. The lowest BCUT2D eigenvalue weighted by Gasteiger charge is -2.26. The summed E-state index contributed by atoms with van der Waals surface area (Å²) in [7, 11) is 1.96. The van der Waals surface area contributed by atoms with Gasteiger partial charge in [-0.15, -0.1) is 0 Å². The van der Waals surface area contributed by atoms with Crippen LogP contribution < -0.4 is 5.32 Å². The fourth-order valence-corrected chi connectivity index (χ4v) is 1.96. The smallest absolute Gasteiger partial charge is 0.0621 e. The molecule has 0 saturated carbocycles. The molecule has 1 unspecified atom stereocenters. The molecule has 0 aromatic carbocycles. The molecule has 1 aromatic heterocycles. The molecule has 0 spiro atoms. The van der Waals surface area contributed by atoms with Gasteiger partial charge in [0.05, 0.1) is 12.3 Å². The number of hydrogen-bond donors (Lipinski definition) is 1. The van der Waals surface area contributed by atoms with Crippen LogP contribution in [0.2, 0.25) is 0 Å². The zero-order chi connectivity index (χ0) is 13.8. The van der Waals surface area contributed by atoms with Crippen LogP contribution in [0.25, 0.3) is 0 Å². The summed E-state index contributed by atoms with van der Waals surface area (Å²) in [5.74, 6) is 0. The Morgan fingerprint density at radius 3 is 2.72 bits per heavy atom. The van der Waals surface area contributed by atoms with E-state index in [2.05, 4.69) is 44.2 Å². The molecular weight excluding hydrogens is 224 g/mol. The Bertz CT molecular complexity index is 425. The maximum absolute atomic E-state index is 8.64. The summed E-state index contributed by atoms with van der Waals surface area (Å²) in [6.45, 7) is 9.54. The van der Waals surface area contributed by atoms with Crippen molar-refractivity contribution in [1.29, 1.82) is 5.26 Å². The largest absolute Gasteiger partial charge is 0.310 e. The molecule has 1 aromatic rings. The minimum Gasteiger partial charge on any atom is -0.310 e. The summed E-state index contributed by atoms with van der Waals surface area (Å²) in [5.41, 5.74) is 2.60. The molecule has 0 aliphatic rings. The topological polar surface area (TPSA) is 53.6 Å². The van der Waals surface area contributed by atoms with Crippen molar-refractivity contribution in [3.05, 3.63) is 17.5 Å². The van der Waals surface area contributed by atoms with Gasteiger partial charge in [0.25, 0.3) is 0 Å². The first-order valence-electron chi connectivity index (χ1n) is 6.46. The summed E-state index contributed by atoms with van der Waals surface area (Å²) in [4.78, 5) is 0. The maximum atomic E-state index is 8.64. The third kappa shape index (κ3) is 3.85. The van der Waals surface area contributed by atoms with E-state index in [0.29, 0.717) is 12.5 Å². The monoisotopic (exact) mass is 248 g/mol. The average molecular weight is 248 g/mol.